The molecule has 1 aromatic carbocycles. The predicted octanol–water partition coefficient (Wildman–Crippen LogP) is 3.80. The summed E-state index contributed by atoms with van der Waals surface area (Å²) in [4.78, 5) is 0. The molecule has 0 heterocycles. The van der Waals surface area contributed by atoms with E-state index in [0.29, 0.717) is 0 Å². The van der Waals surface area contributed by atoms with Crippen LogP contribution >= 0.6 is 17.6 Å². The van der Waals surface area contributed by atoms with Crippen LogP contribution in [0.25, 0.3) is 6.08 Å². The monoisotopic (exact) mass is 331 g/mol. The zero-order chi connectivity index (χ0) is 16.3. The van der Waals surface area contributed by atoms with E-state index >= 15 is 0 Å². The fourth-order valence-corrected chi connectivity index (χ4v) is 5.95. The van der Waals surface area contributed by atoms with Gasteiger partial charge in [-0.05, 0) is 0 Å². The Balaban J connectivity index is 3.26. The molecule has 0 aromatic heterocycles. The Morgan fingerprint density at radius 1 is 0.905 bits per heavy atom. The quantitative estimate of drug-likeness (QED) is 0.738. The first kappa shape index (κ1) is 18.4. The van der Waals surface area contributed by atoms with Crippen molar-refractivity contribution in [1.29, 1.82) is 0 Å². The summed E-state index contributed by atoms with van der Waals surface area (Å²) in [5, 5.41) is 0. The Labute approximate surface area is 133 Å². The molecule has 0 aliphatic heterocycles. The van der Waals surface area contributed by atoms with Crippen molar-refractivity contribution >= 4 is 23.7 Å². The predicted molar refractivity (Wildman–Crippen MR) is 95.9 cm³/mol. The second-order valence-corrected chi connectivity index (χ2v) is 12.1. The summed E-state index contributed by atoms with van der Waals surface area (Å²) < 4.78 is 11.5. The van der Waals surface area contributed by atoms with Crippen molar-refractivity contribution in [2.45, 2.75) is 0 Å². The van der Waals surface area contributed by atoms with Crippen molar-refractivity contribution in [3.05, 3.63) is 35.6 Å². The Hall–Kier alpha value is -0.640. The molecule has 0 spiro atoms. The molecule has 0 aliphatic carbocycles. The van der Waals surface area contributed by atoms with Gasteiger partial charge in [-0.25, -0.2) is 0 Å². The van der Waals surface area contributed by atoms with Gasteiger partial charge in [-0.2, -0.15) is 0 Å². The summed E-state index contributed by atoms with van der Waals surface area (Å²) in [6, 6.07) is 7.94. The van der Waals surface area contributed by atoms with E-state index in [9.17, 15) is 0 Å². The molecule has 4 nitrogen and oxygen atoms in total. The van der Waals surface area contributed by atoms with Crippen LogP contribution < -0.4 is 4.74 Å². The van der Waals surface area contributed by atoms with Gasteiger partial charge in [0.05, 0.1) is 0 Å². The number of benzene rings is 1. The van der Waals surface area contributed by atoms with Crippen molar-refractivity contribution in [3.8, 4) is 5.75 Å². The van der Waals surface area contributed by atoms with Gasteiger partial charge < -0.3 is 0 Å². The number of rotatable bonds is 6. The first-order valence-corrected chi connectivity index (χ1v) is 9.83. The molecule has 0 saturated heterocycles. The number of hydrogen-bond acceptors (Lipinski definition) is 4. The summed E-state index contributed by atoms with van der Waals surface area (Å²) in [5.41, 5.74) is 1.09. The number of methoxy groups -OCH3 is 1. The van der Waals surface area contributed by atoms with Gasteiger partial charge in [0.1, 0.15) is 0 Å². The summed E-state index contributed by atoms with van der Waals surface area (Å²) in [7, 11) is 13.8. The summed E-state index contributed by atoms with van der Waals surface area (Å²) >= 11 is 7.21. The van der Waals surface area contributed by atoms with E-state index < -0.39 is 6.41 Å². The molecule has 0 aliphatic rings. The number of ether oxygens (including phenoxy) is 1. The number of halogens is 1. The van der Waals surface area contributed by atoms with Crippen molar-refractivity contribution in [3.63, 3.8) is 0 Å². The molecule has 120 valence electrons. The van der Waals surface area contributed by atoms with Crippen LogP contribution in [0.3, 0.4) is 0 Å². The maximum atomic E-state index is 7.21. The van der Waals surface area contributed by atoms with Crippen LogP contribution in [0.15, 0.2) is 30.1 Å². The van der Waals surface area contributed by atoms with E-state index in [1.54, 1.807) is 7.11 Å². The Morgan fingerprint density at radius 3 is 1.67 bits per heavy atom. The van der Waals surface area contributed by atoms with Crippen LogP contribution in [0.5, 0.6) is 5.75 Å². The minimum atomic E-state index is -2.96. The number of nitrogens with zero attached hydrogens (tertiary/aromatic N) is 3. The van der Waals surface area contributed by atoms with Crippen molar-refractivity contribution < 1.29 is 4.74 Å². The van der Waals surface area contributed by atoms with Crippen LogP contribution in [-0.2, 0) is 0 Å². The van der Waals surface area contributed by atoms with Gasteiger partial charge in [-0.3, -0.25) is 0 Å². The van der Waals surface area contributed by atoms with E-state index in [1.807, 2.05) is 66.6 Å². The second-order valence-electron chi connectivity index (χ2n) is 5.57. The molecule has 0 radical (unpaired) electrons. The van der Waals surface area contributed by atoms with Gasteiger partial charge in [0.2, 0.25) is 0 Å². The SMILES string of the molecule is COc1ccc(/C=C/P(Cl)(N(C)C)(N(C)C)N(C)C)cc1. The van der Waals surface area contributed by atoms with Gasteiger partial charge in [0, 0.05) is 0 Å². The van der Waals surface area contributed by atoms with Gasteiger partial charge in [-0.15, -0.1) is 0 Å². The average molecular weight is 332 g/mol. The van der Waals surface area contributed by atoms with Crippen LogP contribution in [0.1, 0.15) is 5.56 Å². The topological polar surface area (TPSA) is 19.0 Å². The Bertz CT molecular complexity index is 476. The molecule has 0 unspecified atom stereocenters. The Kier molecular flexibility index (Phi) is 5.82. The van der Waals surface area contributed by atoms with Crippen LogP contribution in [0, 0.1) is 0 Å². The molecule has 1 rings (SSSR count). The summed E-state index contributed by atoms with van der Waals surface area (Å²) in [5.74, 6) is 2.97. The fraction of sp³-hybridized carbons (Fsp3) is 0.467. The standard InChI is InChI=1S/C15H27ClN3OP/c1-17(2)21(16,18(3)4,19(5)6)13-12-14-8-10-15(20-7)11-9-14/h8-13H,1-7H3/b13-12+. The summed E-state index contributed by atoms with van der Waals surface area (Å²) in [6.45, 7) is 0. The summed E-state index contributed by atoms with van der Waals surface area (Å²) in [6.07, 6.45) is -0.888. The van der Waals surface area contributed by atoms with Gasteiger partial charge in [-0.1, -0.05) is 0 Å². The molecule has 6 heteroatoms. The first-order chi connectivity index (χ1) is 9.66. The minimum absolute atomic E-state index is 0.850. The van der Waals surface area contributed by atoms with Crippen molar-refractivity contribution in [2.75, 3.05) is 49.4 Å². The zero-order valence-electron chi connectivity index (χ0n) is 14.0. The maximum absolute atomic E-state index is 7.21. The molecule has 0 N–H and O–H groups in total. The van der Waals surface area contributed by atoms with Crippen LogP contribution in [0.4, 0.5) is 0 Å². The van der Waals surface area contributed by atoms with E-state index in [1.165, 1.54) is 0 Å². The molecule has 0 amide bonds. The third kappa shape index (κ3) is 3.25. The molecular formula is C15H27ClN3OP. The van der Waals surface area contributed by atoms with Crippen LogP contribution in [0.2, 0.25) is 0 Å². The van der Waals surface area contributed by atoms with E-state index in [0.717, 1.165) is 11.3 Å². The molecule has 1 aromatic rings. The molecule has 21 heavy (non-hydrogen) atoms. The van der Waals surface area contributed by atoms with Gasteiger partial charge in [0.25, 0.3) is 0 Å². The normalized spacial score (nSPS) is 14.9. The fourth-order valence-electron chi connectivity index (χ4n) is 2.40. The third-order valence-corrected chi connectivity index (χ3v) is 12.0. The molecule has 0 saturated carbocycles. The average Bonchev–Trinajstić information content (AvgIpc) is 2.44. The molecule has 0 atom stereocenters. The van der Waals surface area contributed by atoms with E-state index in [-0.39, 0.29) is 0 Å². The van der Waals surface area contributed by atoms with Crippen molar-refractivity contribution in [2.24, 2.45) is 0 Å². The van der Waals surface area contributed by atoms with E-state index in [4.69, 9.17) is 16.0 Å². The third-order valence-electron chi connectivity index (χ3n) is 3.86. The molecule has 0 bridgehead atoms. The van der Waals surface area contributed by atoms with Gasteiger partial charge >= 0.3 is 133 Å². The number of hydrogen-bond donors (Lipinski definition) is 0. The molecule has 0 fully saturated rings. The van der Waals surface area contributed by atoms with Gasteiger partial charge in [0.15, 0.2) is 0 Å². The van der Waals surface area contributed by atoms with Crippen molar-refractivity contribution in [1.82, 2.24) is 14.0 Å². The second kappa shape index (κ2) is 6.64. The van der Waals surface area contributed by atoms with E-state index in [2.05, 4.69) is 25.9 Å². The Morgan fingerprint density at radius 2 is 1.33 bits per heavy atom. The zero-order valence-corrected chi connectivity index (χ0v) is 15.7. The first-order valence-electron chi connectivity index (χ1n) is 6.77. The van der Waals surface area contributed by atoms with Crippen LogP contribution in [-0.4, -0.2) is 63.4 Å². The molecular weight excluding hydrogens is 305 g/mol.